The van der Waals surface area contributed by atoms with E-state index in [-0.39, 0.29) is 0 Å². The Labute approximate surface area is 124 Å². The standard InChI is InChI=1S/C16H20N2OS/c1-12(14-4-6-15(20-3)7-5-14)18-11-13-8-9-17-16(10-13)19-2/h4-10,12,18H,11H2,1-3H3. The first kappa shape index (κ1) is 14.9. The van der Waals surface area contributed by atoms with Gasteiger partial charge >= 0.3 is 0 Å². The Bertz CT molecular complexity index is 542. The second-order valence-electron chi connectivity index (χ2n) is 4.58. The third-order valence-electron chi connectivity index (χ3n) is 3.24. The fourth-order valence-electron chi connectivity index (χ4n) is 1.95. The number of ether oxygens (including phenoxy) is 1. The van der Waals surface area contributed by atoms with E-state index in [4.69, 9.17) is 4.74 Å². The van der Waals surface area contributed by atoms with Gasteiger partial charge in [0.2, 0.25) is 5.88 Å². The molecule has 0 amide bonds. The van der Waals surface area contributed by atoms with E-state index in [0.29, 0.717) is 11.9 Å². The molecule has 3 nitrogen and oxygen atoms in total. The molecule has 20 heavy (non-hydrogen) atoms. The van der Waals surface area contributed by atoms with Crippen LogP contribution in [0.5, 0.6) is 5.88 Å². The number of pyridine rings is 1. The van der Waals surface area contributed by atoms with Crippen LogP contribution in [0.4, 0.5) is 0 Å². The minimum absolute atomic E-state index is 0.310. The van der Waals surface area contributed by atoms with Gasteiger partial charge in [-0.3, -0.25) is 0 Å². The molecule has 1 unspecified atom stereocenters. The monoisotopic (exact) mass is 288 g/mol. The summed E-state index contributed by atoms with van der Waals surface area (Å²) in [6, 6.07) is 12.9. The zero-order chi connectivity index (χ0) is 14.4. The van der Waals surface area contributed by atoms with Crippen LogP contribution in [0.1, 0.15) is 24.1 Å². The smallest absolute Gasteiger partial charge is 0.213 e. The highest BCUT2D eigenvalue weighted by molar-refractivity contribution is 7.98. The van der Waals surface area contributed by atoms with E-state index in [1.54, 1.807) is 25.1 Å². The predicted octanol–water partition coefficient (Wildman–Crippen LogP) is 3.66. The molecule has 1 atom stereocenters. The third kappa shape index (κ3) is 3.99. The van der Waals surface area contributed by atoms with Gasteiger partial charge in [0, 0.05) is 29.7 Å². The molecule has 0 spiro atoms. The fraction of sp³-hybridized carbons (Fsp3) is 0.312. The second-order valence-corrected chi connectivity index (χ2v) is 5.46. The van der Waals surface area contributed by atoms with Gasteiger partial charge in [-0.25, -0.2) is 4.98 Å². The number of hydrogen-bond acceptors (Lipinski definition) is 4. The summed E-state index contributed by atoms with van der Waals surface area (Å²) in [5.41, 5.74) is 2.47. The van der Waals surface area contributed by atoms with Crippen LogP contribution in [0.2, 0.25) is 0 Å². The van der Waals surface area contributed by atoms with E-state index >= 15 is 0 Å². The van der Waals surface area contributed by atoms with Crippen LogP contribution in [0.3, 0.4) is 0 Å². The first-order chi connectivity index (χ1) is 9.72. The molecular formula is C16H20N2OS. The normalized spacial score (nSPS) is 12.2. The van der Waals surface area contributed by atoms with Gasteiger partial charge in [0.15, 0.2) is 0 Å². The van der Waals surface area contributed by atoms with Gasteiger partial charge in [-0.15, -0.1) is 11.8 Å². The first-order valence-electron chi connectivity index (χ1n) is 6.59. The van der Waals surface area contributed by atoms with Crippen molar-refractivity contribution < 1.29 is 4.74 Å². The lowest BCUT2D eigenvalue weighted by atomic mass is 10.1. The molecule has 0 saturated heterocycles. The Morgan fingerprint density at radius 3 is 2.65 bits per heavy atom. The maximum absolute atomic E-state index is 5.13. The molecule has 2 aromatic rings. The minimum Gasteiger partial charge on any atom is -0.481 e. The van der Waals surface area contributed by atoms with Crippen LogP contribution >= 0.6 is 11.8 Å². The van der Waals surface area contributed by atoms with Gasteiger partial charge in [-0.2, -0.15) is 0 Å². The van der Waals surface area contributed by atoms with Gasteiger partial charge in [0.1, 0.15) is 0 Å². The molecule has 0 aliphatic carbocycles. The lowest BCUT2D eigenvalue weighted by Crippen LogP contribution is -2.18. The maximum atomic E-state index is 5.13. The molecule has 1 heterocycles. The zero-order valence-corrected chi connectivity index (χ0v) is 12.9. The lowest BCUT2D eigenvalue weighted by Gasteiger charge is -2.15. The van der Waals surface area contributed by atoms with Gasteiger partial charge in [0.25, 0.3) is 0 Å². The molecule has 1 aromatic heterocycles. The highest BCUT2D eigenvalue weighted by Gasteiger charge is 2.05. The van der Waals surface area contributed by atoms with Crippen molar-refractivity contribution in [2.75, 3.05) is 13.4 Å². The van der Waals surface area contributed by atoms with Crippen molar-refractivity contribution in [3.8, 4) is 5.88 Å². The molecule has 0 fully saturated rings. The summed E-state index contributed by atoms with van der Waals surface area (Å²) >= 11 is 1.76. The average Bonchev–Trinajstić information content (AvgIpc) is 2.53. The Kier molecular flexibility index (Phi) is 5.44. The Morgan fingerprint density at radius 1 is 1.25 bits per heavy atom. The molecule has 106 valence electrons. The number of methoxy groups -OCH3 is 1. The van der Waals surface area contributed by atoms with Crippen molar-refractivity contribution in [1.82, 2.24) is 10.3 Å². The Balaban J connectivity index is 1.95. The fourth-order valence-corrected chi connectivity index (χ4v) is 2.36. The molecule has 0 radical (unpaired) electrons. The van der Waals surface area contributed by atoms with Crippen LogP contribution in [0, 0.1) is 0 Å². The largest absolute Gasteiger partial charge is 0.481 e. The lowest BCUT2D eigenvalue weighted by molar-refractivity contribution is 0.397. The maximum Gasteiger partial charge on any atom is 0.213 e. The summed E-state index contributed by atoms with van der Waals surface area (Å²) in [6.07, 6.45) is 3.86. The number of nitrogens with zero attached hydrogens (tertiary/aromatic N) is 1. The Morgan fingerprint density at radius 2 is 2.00 bits per heavy atom. The molecule has 1 aromatic carbocycles. The van der Waals surface area contributed by atoms with Crippen molar-refractivity contribution in [2.24, 2.45) is 0 Å². The van der Waals surface area contributed by atoms with Crippen LogP contribution in [-0.4, -0.2) is 18.3 Å². The first-order valence-corrected chi connectivity index (χ1v) is 7.81. The van der Waals surface area contributed by atoms with Crippen LogP contribution in [0.15, 0.2) is 47.5 Å². The topological polar surface area (TPSA) is 34.1 Å². The average molecular weight is 288 g/mol. The molecule has 0 aliphatic heterocycles. The van der Waals surface area contributed by atoms with Gasteiger partial charge < -0.3 is 10.1 Å². The molecule has 2 rings (SSSR count). The van der Waals surface area contributed by atoms with Crippen LogP contribution in [0.25, 0.3) is 0 Å². The van der Waals surface area contributed by atoms with E-state index in [1.165, 1.54) is 16.0 Å². The van der Waals surface area contributed by atoms with Crippen LogP contribution in [-0.2, 0) is 6.54 Å². The summed E-state index contributed by atoms with van der Waals surface area (Å²) in [4.78, 5) is 5.40. The van der Waals surface area contributed by atoms with Crippen molar-refractivity contribution in [3.63, 3.8) is 0 Å². The molecule has 4 heteroatoms. The molecule has 0 bridgehead atoms. The van der Waals surface area contributed by atoms with E-state index < -0.39 is 0 Å². The van der Waals surface area contributed by atoms with E-state index in [2.05, 4.69) is 47.7 Å². The highest BCUT2D eigenvalue weighted by Crippen LogP contribution is 2.19. The van der Waals surface area contributed by atoms with Gasteiger partial charge in [-0.05, 0) is 42.5 Å². The van der Waals surface area contributed by atoms with Gasteiger partial charge in [-0.1, -0.05) is 12.1 Å². The SMILES string of the molecule is COc1cc(CNC(C)c2ccc(SC)cc2)ccn1. The summed E-state index contributed by atoms with van der Waals surface area (Å²) in [5.74, 6) is 0.654. The third-order valence-corrected chi connectivity index (χ3v) is 3.98. The second kappa shape index (κ2) is 7.31. The van der Waals surface area contributed by atoms with Crippen molar-refractivity contribution in [3.05, 3.63) is 53.7 Å². The quantitative estimate of drug-likeness (QED) is 0.823. The highest BCUT2D eigenvalue weighted by atomic mass is 32.2. The predicted molar refractivity (Wildman–Crippen MR) is 84.3 cm³/mol. The van der Waals surface area contributed by atoms with Crippen molar-refractivity contribution in [1.29, 1.82) is 0 Å². The summed E-state index contributed by atoms with van der Waals surface area (Å²) in [6.45, 7) is 2.97. The summed E-state index contributed by atoms with van der Waals surface area (Å²) in [7, 11) is 1.63. The Hall–Kier alpha value is -1.52. The number of benzene rings is 1. The molecule has 0 saturated carbocycles. The number of nitrogens with one attached hydrogen (secondary N) is 1. The number of aromatic nitrogens is 1. The number of thioether (sulfide) groups is 1. The van der Waals surface area contributed by atoms with E-state index in [0.717, 1.165) is 6.54 Å². The molecular weight excluding hydrogens is 268 g/mol. The molecule has 0 aliphatic rings. The number of hydrogen-bond donors (Lipinski definition) is 1. The summed E-state index contributed by atoms with van der Waals surface area (Å²) in [5, 5.41) is 3.51. The summed E-state index contributed by atoms with van der Waals surface area (Å²) < 4.78 is 5.13. The van der Waals surface area contributed by atoms with E-state index in [1.807, 2.05) is 12.1 Å². The van der Waals surface area contributed by atoms with Crippen molar-refractivity contribution >= 4 is 11.8 Å². The van der Waals surface area contributed by atoms with E-state index in [9.17, 15) is 0 Å². The van der Waals surface area contributed by atoms with Crippen molar-refractivity contribution in [2.45, 2.75) is 24.4 Å². The molecule has 1 N–H and O–H groups in total. The minimum atomic E-state index is 0.310. The van der Waals surface area contributed by atoms with Gasteiger partial charge in [0.05, 0.1) is 7.11 Å². The number of rotatable bonds is 6. The zero-order valence-electron chi connectivity index (χ0n) is 12.1. The van der Waals surface area contributed by atoms with Crippen LogP contribution < -0.4 is 10.1 Å².